The van der Waals surface area contributed by atoms with Crippen LogP contribution in [-0.2, 0) is 6.61 Å². The first-order chi connectivity index (χ1) is 13.5. The molecule has 0 amide bonds. The zero-order chi connectivity index (χ0) is 20.1. The van der Waals surface area contributed by atoms with Crippen LogP contribution in [0.2, 0.25) is 10.0 Å². The number of nitrogens with zero attached hydrogens (tertiary/aromatic N) is 1. The zero-order valence-electron chi connectivity index (χ0n) is 14.7. The molecule has 3 rings (SSSR count). The lowest BCUT2D eigenvalue weighted by Gasteiger charge is -2.10. The van der Waals surface area contributed by atoms with Crippen LogP contribution in [-0.4, -0.2) is 24.4 Å². The van der Waals surface area contributed by atoms with Crippen LogP contribution in [0.15, 0.2) is 57.9 Å². The number of carboxylic acid groups (broad SMARTS) is 1. The van der Waals surface area contributed by atoms with Crippen molar-refractivity contribution in [2.75, 3.05) is 7.11 Å². The lowest BCUT2D eigenvalue weighted by atomic mass is 10.2. The number of aromatic carboxylic acids is 1. The van der Waals surface area contributed by atoms with Crippen LogP contribution in [0.3, 0.4) is 0 Å². The Hall–Kier alpha value is -2.96. The molecule has 1 heterocycles. The quantitative estimate of drug-likeness (QED) is 0.502. The molecule has 2 aromatic carbocycles. The number of halogens is 2. The van der Waals surface area contributed by atoms with Gasteiger partial charge in [0.1, 0.15) is 12.4 Å². The molecule has 0 saturated heterocycles. The number of rotatable bonds is 7. The number of benzene rings is 2. The number of carbonyl (C=O) groups is 1. The summed E-state index contributed by atoms with van der Waals surface area (Å²) < 4.78 is 16.2. The lowest BCUT2D eigenvalue weighted by molar-refractivity contribution is 0.0658. The van der Waals surface area contributed by atoms with Crippen molar-refractivity contribution < 1.29 is 23.8 Å². The molecule has 1 aromatic heterocycles. The summed E-state index contributed by atoms with van der Waals surface area (Å²) in [5.74, 6) is 0.0994. The lowest BCUT2D eigenvalue weighted by Crippen LogP contribution is -1.98. The molecule has 0 bridgehead atoms. The number of hydrogen-bond donors (Lipinski definition) is 1. The van der Waals surface area contributed by atoms with E-state index in [0.29, 0.717) is 33.0 Å². The molecular formula is C20H15Cl2NO5. The molecule has 0 aliphatic carbocycles. The van der Waals surface area contributed by atoms with Crippen molar-refractivity contribution in [3.63, 3.8) is 0 Å². The minimum Gasteiger partial charge on any atom is -0.493 e. The highest BCUT2D eigenvalue weighted by Gasteiger charge is 2.11. The van der Waals surface area contributed by atoms with E-state index in [4.69, 9.17) is 42.2 Å². The van der Waals surface area contributed by atoms with Crippen molar-refractivity contribution in [3.05, 3.63) is 75.7 Å². The second-order valence-electron chi connectivity index (χ2n) is 5.62. The van der Waals surface area contributed by atoms with E-state index in [-0.39, 0.29) is 12.4 Å². The monoisotopic (exact) mass is 419 g/mol. The standard InChI is InChI=1S/C20H15Cl2NO5/c1-26-19-8-12(10-23-16-5-3-13(21)9-15(16)22)2-6-17(19)27-11-14-4-7-18(28-14)20(24)25/h2-10H,11H2,1H3,(H,24,25). The summed E-state index contributed by atoms with van der Waals surface area (Å²) in [5, 5.41) is 9.87. The number of aliphatic imine (C=N–C) groups is 1. The van der Waals surface area contributed by atoms with Gasteiger partial charge < -0.3 is 19.0 Å². The fourth-order valence-electron chi connectivity index (χ4n) is 2.33. The fourth-order valence-corrected chi connectivity index (χ4v) is 2.79. The Bertz CT molecular complexity index is 1030. The number of ether oxygens (including phenoxy) is 2. The van der Waals surface area contributed by atoms with Gasteiger partial charge in [0.25, 0.3) is 0 Å². The van der Waals surface area contributed by atoms with Gasteiger partial charge in [-0.3, -0.25) is 4.99 Å². The van der Waals surface area contributed by atoms with Crippen LogP contribution in [0.1, 0.15) is 21.9 Å². The van der Waals surface area contributed by atoms with Crippen LogP contribution in [0.5, 0.6) is 11.5 Å². The van der Waals surface area contributed by atoms with Crippen molar-refractivity contribution in [1.29, 1.82) is 0 Å². The minimum atomic E-state index is -1.13. The first-order valence-corrected chi connectivity index (χ1v) is 8.84. The van der Waals surface area contributed by atoms with Gasteiger partial charge >= 0.3 is 5.97 Å². The van der Waals surface area contributed by atoms with Gasteiger partial charge in [0.2, 0.25) is 5.76 Å². The predicted octanol–water partition coefficient (Wildman–Crippen LogP) is 5.62. The molecule has 8 heteroatoms. The van der Waals surface area contributed by atoms with Crippen molar-refractivity contribution in [2.45, 2.75) is 6.61 Å². The van der Waals surface area contributed by atoms with E-state index >= 15 is 0 Å². The second kappa shape index (κ2) is 8.82. The Balaban J connectivity index is 1.72. The molecule has 0 saturated carbocycles. The SMILES string of the molecule is COc1cc(C=Nc2ccc(Cl)cc2Cl)ccc1OCc1ccc(C(=O)O)o1. The highest BCUT2D eigenvalue weighted by Crippen LogP contribution is 2.30. The van der Waals surface area contributed by atoms with E-state index in [0.717, 1.165) is 5.56 Å². The maximum Gasteiger partial charge on any atom is 0.371 e. The summed E-state index contributed by atoms with van der Waals surface area (Å²) in [6, 6.07) is 13.3. The van der Waals surface area contributed by atoms with Gasteiger partial charge in [0.05, 0.1) is 17.8 Å². The predicted molar refractivity (Wildman–Crippen MR) is 107 cm³/mol. The number of hydrogen-bond acceptors (Lipinski definition) is 5. The largest absolute Gasteiger partial charge is 0.493 e. The van der Waals surface area contributed by atoms with Crippen molar-refractivity contribution in [3.8, 4) is 11.5 Å². The topological polar surface area (TPSA) is 81.3 Å². The van der Waals surface area contributed by atoms with Crippen molar-refractivity contribution in [2.24, 2.45) is 4.99 Å². The van der Waals surface area contributed by atoms with Crippen LogP contribution < -0.4 is 9.47 Å². The average molecular weight is 420 g/mol. The molecular weight excluding hydrogens is 405 g/mol. The molecule has 144 valence electrons. The number of methoxy groups -OCH3 is 1. The van der Waals surface area contributed by atoms with E-state index in [1.807, 2.05) is 0 Å². The summed E-state index contributed by atoms with van der Waals surface area (Å²) in [6.07, 6.45) is 1.65. The van der Waals surface area contributed by atoms with Gasteiger partial charge in [-0.05, 0) is 54.1 Å². The molecule has 0 fully saturated rings. The minimum absolute atomic E-state index is 0.0669. The van der Waals surface area contributed by atoms with E-state index in [1.54, 1.807) is 48.7 Å². The molecule has 28 heavy (non-hydrogen) atoms. The molecule has 1 N–H and O–H groups in total. The summed E-state index contributed by atoms with van der Waals surface area (Å²) in [5.41, 5.74) is 1.37. The molecule has 6 nitrogen and oxygen atoms in total. The van der Waals surface area contributed by atoms with E-state index in [9.17, 15) is 4.79 Å². The smallest absolute Gasteiger partial charge is 0.371 e. The Morgan fingerprint density at radius 3 is 2.64 bits per heavy atom. The van der Waals surface area contributed by atoms with Gasteiger partial charge in [-0.2, -0.15) is 0 Å². The third-order valence-corrected chi connectivity index (χ3v) is 4.23. The van der Waals surface area contributed by atoms with Crippen molar-refractivity contribution >= 4 is 41.1 Å². The Labute approximate surface area is 170 Å². The summed E-state index contributed by atoms with van der Waals surface area (Å²) in [4.78, 5) is 15.2. The van der Waals surface area contributed by atoms with Gasteiger partial charge in [0.15, 0.2) is 11.5 Å². The molecule has 0 spiro atoms. The first-order valence-electron chi connectivity index (χ1n) is 8.08. The van der Waals surface area contributed by atoms with Gasteiger partial charge in [-0.25, -0.2) is 4.79 Å². The fraction of sp³-hybridized carbons (Fsp3) is 0.100. The third kappa shape index (κ3) is 4.85. The first kappa shape index (κ1) is 19.8. The maximum absolute atomic E-state index is 10.8. The molecule has 0 aliphatic rings. The Morgan fingerprint density at radius 2 is 1.96 bits per heavy atom. The van der Waals surface area contributed by atoms with Crippen LogP contribution in [0.25, 0.3) is 0 Å². The maximum atomic E-state index is 10.8. The summed E-state index contributed by atoms with van der Waals surface area (Å²) in [6.45, 7) is 0.0669. The molecule has 0 radical (unpaired) electrons. The number of carboxylic acids is 1. The van der Waals surface area contributed by atoms with Crippen LogP contribution in [0, 0.1) is 0 Å². The van der Waals surface area contributed by atoms with Crippen LogP contribution in [0.4, 0.5) is 5.69 Å². The summed E-state index contributed by atoms with van der Waals surface area (Å²) >= 11 is 12.0. The highest BCUT2D eigenvalue weighted by molar-refractivity contribution is 6.36. The molecule has 3 aromatic rings. The normalized spacial score (nSPS) is 11.0. The second-order valence-corrected chi connectivity index (χ2v) is 6.47. The molecule has 0 atom stereocenters. The highest BCUT2D eigenvalue weighted by atomic mass is 35.5. The Kier molecular flexibility index (Phi) is 6.23. The molecule has 0 unspecified atom stereocenters. The van der Waals surface area contributed by atoms with E-state index in [2.05, 4.69) is 4.99 Å². The van der Waals surface area contributed by atoms with E-state index < -0.39 is 5.97 Å². The Morgan fingerprint density at radius 1 is 1.14 bits per heavy atom. The van der Waals surface area contributed by atoms with Crippen molar-refractivity contribution in [1.82, 2.24) is 0 Å². The number of furan rings is 1. The van der Waals surface area contributed by atoms with E-state index in [1.165, 1.54) is 13.2 Å². The van der Waals surface area contributed by atoms with Gasteiger partial charge in [0, 0.05) is 11.2 Å². The summed E-state index contributed by atoms with van der Waals surface area (Å²) in [7, 11) is 1.52. The third-order valence-electron chi connectivity index (χ3n) is 3.69. The average Bonchev–Trinajstić information content (AvgIpc) is 3.15. The zero-order valence-corrected chi connectivity index (χ0v) is 16.2. The van der Waals surface area contributed by atoms with Crippen LogP contribution >= 0.6 is 23.2 Å². The molecule has 0 aliphatic heterocycles. The van der Waals surface area contributed by atoms with Gasteiger partial charge in [-0.15, -0.1) is 0 Å². The van der Waals surface area contributed by atoms with Gasteiger partial charge in [-0.1, -0.05) is 23.2 Å².